The standard InChI is InChI=1S/C12H20N4O3S2/c1-2-5-13-12-14-8-11(9-15-12)21(18,19)16-10-3-6-20(17)7-4-10/h8-10,16H,2-7H2,1H3,(H,13,14,15). The van der Waals surface area contributed by atoms with Crippen LogP contribution in [0.15, 0.2) is 17.3 Å². The van der Waals surface area contributed by atoms with Crippen LogP contribution in [0.5, 0.6) is 0 Å². The monoisotopic (exact) mass is 332 g/mol. The number of hydrogen-bond donors (Lipinski definition) is 2. The molecule has 9 heteroatoms. The number of anilines is 1. The van der Waals surface area contributed by atoms with Gasteiger partial charge in [-0.2, -0.15) is 0 Å². The van der Waals surface area contributed by atoms with Gasteiger partial charge in [-0.1, -0.05) is 6.92 Å². The van der Waals surface area contributed by atoms with Gasteiger partial charge in [0.05, 0.1) is 12.4 Å². The molecule has 1 aliphatic rings. The van der Waals surface area contributed by atoms with Crippen LogP contribution >= 0.6 is 0 Å². The van der Waals surface area contributed by atoms with Crippen molar-refractivity contribution in [1.29, 1.82) is 0 Å². The quantitative estimate of drug-likeness (QED) is 0.786. The van der Waals surface area contributed by atoms with Crippen molar-refractivity contribution in [2.45, 2.75) is 37.1 Å². The first-order valence-electron chi connectivity index (χ1n) is 6.94. The molecule has 0 radical (unpaired) electrons. The second-order valence-corrected chi connectivity index (χ2v) is 8.32. The summed E-state index contributed by atoms with van der Waals surface area (Å²) in [4.78, 5) is 8.05. The highest BCUT2D eigenvalue weighted by atomic mass is 32.2. The Morgan fingerprint density at radius 3 is 2.48 bits per heavy atom. The molecule has 0 aliphatic carbocycles. The molecule has 0 bridgehead atoms. The van der Waals surface area contributed by atoms with Gasteiger partial charge in [0.25, 0.3) is 0 Å². The second-order valence-electron chi connectivity index (χ2n) is 4.91. The highest BCUT2D eigenvalue weighted by molar-refractivity contribution is 7.89. The Hall–Kier alpha value is -1.06. The Morgan fingerprint density at radius 1 is 1.29 bits per heavy atom. The van der Waals surface area contributed by atoms with E-state index in [-0.39, 0.29) is 10.9 Å². The van der Waals surface area contributed by atoms with Gasteiger partial charge in [0, 0.05) is 34.9 Å². The third-order valence-corrected chi connectivity index (χ3v) is 6.04. The summed E-state index contributed by atoms with van der Waals surface area (Å²) in [6.45, 7) is 2.76. The lowest BCUT2D eigenvalue weighted by atomic mass is 10.2. The molecule has 1 aliphatic heterocycles. The number of aromatic nitrogens is 2. The lowest BCUT2D eigenvalue weighted by Crippen LogP contribution is -2.39. The smallest absolute Gasteiger partial charge is 0.243 e. The highest BCUT2D eigenvalue weighted by Gasteiger charge is 2.24. The maximum Gasteiger partial charge on any atom is 0.243 e. The van der Waals surface area contributed by atoms with Gasteiger partial charge in [-0.15, -0.1) is 0 Å². The minimum absolute atomic E-state index is 0.0521. The third-order valence-electron chi connectivity index (χ3n) is 3.18. The molecule has 21 heavy (non-hydrogen) atoms. The fourth-order valence-electron chi connectivity index (χ4n) is 1.98. The lowest BCUT2D eigenvalue weighted by molar-refractivity contribution is 0.521. The summed E-state index contributed by atoms with van der Waals surface area (Å²) in [5.41, 5.74) is 0. The molecule has 0 atom stereocenters. The molecule has 2 heterocycles. The minimum atomic E-state index is -3.62. The SMILES string of the molecule is CCCNc1ncc(S(=O)(=O)NC2CCS(=O)CC2)cn1. The Bertz CT molecular complexity index is 579. The maximum absolute atomic E-state index is 12.2. The van der Waals surface area contributed by atoms with Crippen molar-refractivity contribution in [1.82, 2.24) is 14.7 Å². The molecule has 0 aromatic carbocycles. The van der Waals surface area contributed by atoms with Crippen molar-refractivity contribution in [2.24, 2.45) is 0 Å². The average molecular weight is 332 g/mol. The Morgan fingerprint density at radius 2 is 1.90 bits per heavy atom. The summed E-state index contributed by atoms with van der Waals surface area (Å²) in [5.74, 6) is 1.51. The zero-order valence-corrected chi connectivity index (χ0v) is 13.5. The van der Waals surface area contributed by atoms with E-state index in [4.69, 9.17) is 0 Å². The molecule has 2 rings (SSSR count). The molecule has 0 spiro atoms. The van der Waals surface area contributed by atoms with Crippen LogP contribution in [0.2, 0.25) is 0 Å². The zero-order chi connectivity index (χ0) is 15.3. The highest BCUT2D eigenvalue weighted by Crippen LogP contribution is 2.14. The van der Waals surface area contributed by atoms with Crippen LogP contribution in [0.3, 0.4) is 0 Å². The molecule has 1 aromatic heterocycles. The van der Waals surface area contributed by atoms with E-state index >= 15 is 0 Å². The summed E-state index contributed by atoms with van der Waals surface area (Å²) >= 11 is 0. The largest absolute Gasteiger partial charge is 0.354 e. The second kappa shape index (κ2) is 7.28. The van der Waals surface area contributed by atoms with Crippen molar-refractivity contribution in [3.8, 4) is 0 Å². The first-order valence-corrected chi connectivity index (χ1v) is 9.91. The Labute approximate surface area is 127 Å². The Kier molecular flexibility index (Phi) is 5.65. The number of sulfonamides is 1. The van der Waals surface area contributed by atoms with Gasteiger partial charge in [0.1, 0.15) is 4.90 Å². The van der Waals surface area contributed by atoms with Gasteiger partial charge in [0.2, 0.25) is 16.0 Å². The molecular weight excluding hydrogens is 312 g/mol. The van der Waals surface area contributed by atoms with E-state index in [0.717, 1.165) is 13.0 Å². The van der Waals surface area contributed by atoms with Gasteiger partial charge >= 0.3 is 0 Å². The molecule has 1 fully saturated rings. The molecule has 0 saturated carbocycles. The molecule has 1 aromatic rings. The first kappa shape index (κ1) is 16.3. The van der Waals surface area contributed by atoms with Crippen LogP contribution in [0.4, 0.5) is 5.95 Å². The molecular formula is C12H20N4O3S2. The first-order chi connectivity index (χ1) is 10.0. The zero-order valence-electron chi connectivity index (χ0n) is 11.9. The Balaban J connectivity index is 2.00. The molecule has 0 amide bonds. The van der Waals surface area contributed by atoms with E-state index in [1.54, 1.807) is 0 Å². The van der Waals surface area contributed by atoms with Crippen molar-refractivity contribution in [3.05, 3.63) is 12.4 Å². The van der Waals surface area contributed by atoms with Crippen molar-refractivity contribution < 1.29 is 12.6 Å². The van der Waals surface area contributed by atoms with E-state index in [1.165, 1.54) is 12.4 Å². The maximum atomic E-state index is 12.2. The van der Waals surface area contributed by atoms with Gasteiger partial charge in [-0.3, -0.25) is 4.21 Å². The average Bonchev–Trinajstić information content (AvgIpc) is 2.48. The predicted molar refractivity (Wildman–Crippen MR) is 82.0 cm³/mol. The minimum Gasteiger partial charge on any atom is -0.354 e. The number of hydrogen-bond acceptors (Lipinski definition) is 6. The van der Waals surface area contributed by atoms with E-state index in [1.807, 2.05) is 6.92 Å². The lowest BCUT2D eigenvalue weighted by Gasteiger charge is -2.22. The topological polar surface area (TPSA) is 101 Å². The van der Waals surface area contributed by atoms with Gasteiger partial charge < -0.3 is 5.32 Å². The number of rotatable bonds is 6. The summed E-state index contributed by atoms with van der Waals surface area (Å²) in [5, 5.41) is 2.99. The fraction of sp³-hybridized carbons (Fsp3) is 0.667. The van der Waals surface area contributed by atoms with E-state index in [9.17, 15) is 12.6 Å². The van der Waals surface area contributed by atoms with Crippen LogP contribution < -0.4 is 10.0 Å². The van der Waals surface area contributed by atoms with E-state index in [0.29, 0.717) is 30.3 Å². The summed E-state index contributed by atoms with van der Waals surface area (Å²) in [6, 6.07) is -0.161. The third kappa shape index (κ3) is 4.72. The fourth-order valence-corrected chi connectivity index (χ4v) is 4.47. The van der Waals surface area contributed by atoms with Crippen molar-refractivity contribution in [2.75, 3.05) is 23.4 Å². The van der Waals surface area contributed by atoms with E-state index < -0.39 is 20.8 Å². The summed E-state index contributed by atoms with van der Waals surface area (Å²) < 4.78 is 38.3. The molecule has 7 nitrogen and oxygen atoms in total. The van der Waals surface area contributed by atoms with E-state index in [2.05, 4.69) is 20.0 Å². The van der Waals surface area contributed by atoms with Crippen molar-refractivity contribution >= 4 is 26.8 Å². The number of nitrogens with zero attached hydrogens (tertiary/aromatic N) is 2. The molecule has 0 unspecified atom stereocenters. The van der Waals surface area contributed by atoms with Crippen LogP contribution in [-0.4, -0.2) is 46.7 Å². The summed E-state index contributed by atoms with van der Waals surface area (Å²) in [6.07, 6.45) is 4.74. The van der Waals surface area contributed by atoms with Gasteiger partial charge in [-0.05, 0) is 19.3 Å². The normalized spacial score (nSPS) is 22.9. The van der Waals surface area contributed by atoms with Crippen molar-refractivity contribution in [3.63, 3.8) is 0 Å². The number of nitrogens with one attached hydrogen (secondary N) is 2. The predicted octanol–water partition coefficient (Wildman–Crippen LogP) is 0.488. The van der Waals surface area contributed by atoms with Crippen LogP contribution in [-0.2, 0) is 20.8 Å². The van der Waals surface area contributed by atoms with Crippen LogP contribution in [0, 0.1) is 0 Å². The summed E-state index contributed by atoms with van der Waals surface area (Å²) in [7, 11) is -4.42. The van der Waals surface area contributed by atoms with Gasteiger partial charge in [0.15, 0.2) is 0 Å². The van der Waals surface area contributed by atoms with Crippen LogP contribution in [0.1, 0.15) is 26.2 Å². The molecule has 1 saturated heterocycles. The van der Waals surface area contributed by atoms with Gasteiger partial charge in [-0.25, -0.2) is 23.1 Å². The van der Waals surface area contributed by atoms with Crippen LogP contribution in [0.25, 0.3) is 0 Å². The molecule has 118 valence electrons. The molecule has 2 N–H and O–H groups in total.